The Labute approximate surface area is 145 Å². The zero-order chi connectivity index (χ0) is 17.4. The average molecular weight is 331 g/mol. The predicted molar refractivity (Wildman–Crippen MR) is 98.7 cm³/mol. The van der Waals surface area contributed by atoms with Gasteiger partial charge in [0.25, 0.3) is 0 Å². The summed E-state index contributed by atoms with van der Waals surface area (Å²) in [7, 11) is 1.72. The molecule has 0 amide bonds. The van der Waals surface area contributed by atoms with Gasteiger partial charge in [-0.25, -0.2) is 4.98 Å². The van der Waals surface area contributed by atoms with Gasteiger partial charge in [0.2, 0.25) is 5.95 Å². The van der Waals surface area contributed by atoms with Crippen molar-refractivity contribution in [1.29, 1.82) is 0 Å². The summed E-state index contributed by atoms with van der Waals surface area (Å²) in [6, 6.07) is 8.14. The Morgan fingerprint density at radius 1 is 1.21 bits per heavy atom. The number of hydrogen-bond donors (Lipinski definition) is 1. The molecule has 1 atom stereocenters. The Morgan fingerprint density at radius 3 is 2.58 bits per heavy atom. The van der Waals surface area contributed by atoms with Crippen LogP contribution in [0.1, 0.15) is 27.2 Å². The quantitative estimate of drug-likeness (QED) is 0.713. The molecule has 0 bridgehead atoms. The van der Waals surface area contributed by atoms with Crippen LogP contribution in [-0.4, -0.2) is 36.4 Å². The number of benzene rings is 1. The second-order valence-electron chi connectivity index (χ2n) is 5.96. The predicted octanol–water partition coefficient (Wildman–Crippen LogP) is 4.05. The molecule has 2 rings (SSSR count). The molecule has 5 heteroatoms. The summed E-state index contributed by atoms with van der Waals surface area (Å²) >= 11 is 0. The Balaban J connectivity index is 2.22. The third-order valence-electron chi connectivity index (χ3n) is 4.14. The fraction of sp³-hybridized carbons (Fsp3) is 0.526. The Bertz CT molecular complexity index is 608. The smallest absolute Gasteiger partial charge is 0.203 e. The normalized spacial score (nSPS) is 12.2. The van der Waals surface area contributed by atoms with Gasteiger partial charge < -0.3 is 19.4 Å². The summed E-state index contributed by atoms with van der Waals surface area (Å²) in [4.78, 5) is 4.58. The largest absolute Gasteiger partial charge is 0.494 e. The molecule has 1 aromatic heterocycles. The summed E-state index contributed by atoms with van der Waals surface area (Å²) in [5, 5.41) is 3.47. The van der Waals surface area contributed by atoms with E-state index in [9.17, 15) is 0 Å². The van der Waals surface area contributed by atoms with E-state index < -0.39 is 0 Å². The van der Waals surface area contributed by atoms with E-state index in [0.29, 0.717) is 19.1 Å². The van der Waals surface area contributed by atoms with Crippen molar-refractivity contribution in [2.75, 3.05) is 32.2 Å². The Kier molecular flexibility index (Phi) is 7.12. The Morgan fingerprint density at radius 2 is 1.96 bits per heavy atom. The lowest BCUT2D eigenvalue weighted by molar-refractivity contribution is 0.188. The van der Waals surface area contributed by atoms with E-state index in [1.54, 1.807) is 7.11 Å². The molecule has 0 aliphatic carbocycles. The van der Waals surface area contributed by atoms with Crippen LogP contribution in [0.3, 0.4) is 0 Å². The lowest BCUT2D eigenvalue weighted by Crippen LogP contribution is -2.16. The van der Waals surface area contributed by atoms with Gasteiger partial charge >= 0.3 is 0 Å². The van der Waals surface area contributed by atoms with Gasteiger partial charge in [-0.1, -0.05) is 20.3 Å². The van der Waals surface area contributed by atoms with E-state index in [0.717, 1.165) is 42.5 Å². The number of methoxy groups -OCH3 is 1. The van der Waals surface area contributed by atoms with Crippen LogP contribution in [0, 0.1) is 5.92 Å². The van der Waals surface area contributed by atoms with Crippen LogP contribution >= 0.6 is 0 Å². The van der Waals surface area contributed by atoms with Crippen molar-refractivity contribution in [2.45, 2.75) is 33.7 Å². The van der Waals surface area contributed by atoms with Crippen molar-refractivity contribution in [3.05, 3.63) is 30.5 Å². The Hall–Kier alpha value is -2.01. The summed E-state index contributed by atoms with van der Waals surface area (Å²) < 4.78 is 13.0. The molecule has 132 valence electrons. The lowest BCUT2D eigenvalue weighted by atomic mass is 10.1. The molecule has 0 fully saturated rings. The van der Waals surface area contributed by atoms with Gasteiger partial charge in [0.15, 0.2) is 0 Å². The molecule has 2 aromatic rings. The molecular formula is C19H29N3O2. The van der Waals surface area contributed by atoms with Gasteiger partial charge in [0.05, 0.1) is 25.1 Å². The molecule has 0 saturated heterocycles. The van der Waals surface area contributed by atoms with Crippen LogP contribution < -0.4 is 10.1 Å². The van der Waals surface area contributed by atoms with Gasteiger partial charge in [-0.2, -0.15) is 0 Å². The summed E-state index contributed by atoms with van der Waals surface area (Å²) in [6.07, 6.45) is 3.07. The molecule has 5 nitrogen and oxygen atoms in total. The van der Waals surface area contributed by atoms with Crippen LogP contribution in [0.25, 0.3) is 11.3 Å². The van der Waals surface area contributed by atoms with E-state index in [1.807, 2.05) is 25.3 Å². The molecule has 0 radical (unpaired) electrons. The van der Waals surface area contributed by atoms with Crippen LogP contribution in [0.4, 0.5) is 5.95 Å². The molecule has 1 N–H and O–H groups in total. The number of ether oxygens (including phenoxy) is 2. The van der Waals surface area contributed by atoms with E-state index in [4.69, 9.17) is 9.47 Å². The van der Waals surface area contributed by atoms with Crippen molar-refractivity contribution in [1.82, 2.24) is 9.55 Å². The molecule has 0 spiro atoms. The fourth-order valence-corrected chi connectivity index (χ4v) is 2.45. The van der Waals surface area contributed by atoms with E-state index in [1.165, 1.54) is 0 Å². The number of nitrogens with zero attached hydrogens (tertiary/aromatic N) is 2. The maximum absolute atomic E-state index is 5.52. The highest BCUT2D eigenvalue weighted by Crippen LogP contribution is 2.25. The van der Waals surface area contributed by atoms with Crippen molar-refractivity contribution in [2.24, 2.45) is 5.92 Å². The zero-order valence-corrected chi connectivity index (χ0v) is 15.2. The number of rotatable bonds is 10. The molecule has 1 aromatic carbocycles. The molecule has 0 aliphatic rings. The first kappa shape index (κ1) is 18.3. The number of nitrogens with one attached hydrogen (secondary N) is 1. The number of anilines is 1. The second-order valence-corrected chi connectivity index (χ2v) is 5.96. The number of hydrogen-bond acceptors (Lipinski definition) is 4. The van der Waals surface area contributed by atoms with Gasteiger partial charge in [0.1, 0.15) is 5.75 Å². The lowest BCUT2D eigenvalue weighted by Gasteiger charge is -2.15. The molecule has 24 heavy (non-hydrogen) atoms. The van der Waals surface area contributed by atoms with Crippen molar-refractivity contribution in [3.63, 3.8) is 0 Å². The fourth-order valence-electron chi connectivity index (χ4n) is 2.45. The average Bonchev–Trinajstić information content (AvgIpc) is 3.01. The first-order valence-corrected chi connectivity index (χ1v) is 8.71. The van der Waals surface area contributed by atoms with Crippen LogP contribution in [0.5, 0.6) is 5.75 Å². The SMILES string of the molecule is CCOc1ccc(-c2cnc(NC[C@H](C)CC)n2CCOC)cc1. The van der Waals surface area contributed by atoms with Gasteiger partial charge in [-0.05, 0) is 37.1 Å². The maximum atomic E-state index is 5.52. The van der Waals surface area contributed by atoms with E-state index in [-0.39, 0.29) is 0 Å². The first-order valence-electron chi connectivity index (χ1n) is 8.71. The summed E-state index contributed by atoms with van der Waals surface area (Å²) in [5.74, 6) is 2.40. The van der Waals surface area contributed by atoms with Crippen molar-refractivity contribution >= 4 is 5.95 Å². The van der Waals surface area contributed by atoms with Crippen LogP contribution in [0.2, 0.25) is 0 Å². The third kappa shape index (κ3) is 4.74. The van der Waals surface area contributed by atoms with Crippen LogP contribution in [0.15, 0.2) is 30.5 Å². The van der Waals surface area contributed by atoms with Crippen molar-refractivity contribution in [3.8, 4) is 17.0 Å². The van der Waals surface area contributed by atoms with E-state index >= 15 is 0 Å². The monoisotopic (exact) mass is 331 g/mol. The number of aromatic nitrogens is 2. The van der Waals surface area contributed by atoms with Gasteiger partial charge in [-0.3, -0.25) is 0 Å². The van der Waals surface area contributed by atoms with E-state index in [2.05, 4.69) is 40.8 Å². The maximum Gasteiger partial charge on any atom is 0.203 e. The third-order valence-corrected chi connectivity index (χ3v) is 4.14. The standard InChI is InChI=1S/C19H29N3O2/c1-5-15(3)13-20-19-21-14-18(22(19)11-12-23-4)16-7-9-17(10-8-16)24-6-2/h7-10,14-15H,5-6,11-13H2,1-4H3,(H,20,21)/t15-/m1/s1. The highest BCUT2D eigenvalue weighted by atomic mass is 16.5. The van der Waals surface area contributed by atoms with Crippen LogP contribution in [-0.2, 0) is 11.3 Å². The molecule has 0 aliphatic heterocycles. The molecule has 0 saturated carbocycles. The van der Waals surface area contributed by atoms with Gasteiger partial charge in [-0.15, -0.1) is 0 Å². The minimum absolute atomic E-state index is 0.617. The molecule has 1 heterocycles. The highest BCUT2D eigenvalue weighted by Gasteiger charge is 2.12. The minimum Gasteiger partial charge on any atom is -0.494 e. The summed E-state index contributed by atoms with van der Waals surface area (Å²) in [6.45, 7) is 9.44. The first-order chi connectivity index (χ1) is 11.7. The van der Waals surface area contributed by atoms with Crippen molar-refractivity contribution < 1.29 is 9.47 Å². The topological polar surface area (TPSA) is 48.3 Å². The molecule has 0 unspecified atom stereocenters. The zero-order valence-electron chi connectivity index (χ0n) is 15.2. The summed E-state index contributed by atoms with van der Waals surface area (Å²) in [5.41, 5.74) is 2.21. The second kappa shape index (κ2) is 9.33. The van der Waals surface area contributed by atoms with Gasteiger partial charge in [0, 0.05) is 25.8 Å². The highest BCUT2D eigenvalue weighted by molar-refractivity contribution is 5.62. The minimum atomic E-state index is 0.617. The number of imidazole rings is 1. The molecular weight excluding hydrogens is 302 g/mol.